The summed E-state index contributed by atoms with van der Waals surface area (Å²) in [5.74, 6) is 0.808. The first kappa shape index (κ1) is 31.0. The number of nitrogen functional groups attached to an aromatic ring is 1. The molecule has 0 aliphatic carbocycles. The van der Waals surface area contributed by atoms with Crippen LogP contribution < -0.4 is 10.0 Å². The number of nitrogens with zero attached hydrogens (tertiary/aromatic N) is 4. The highest BCUT2D eigenvalue weighted by Gasteiger charge is 2.33. The molecule has 0 amide bonds. The van der Waals surface area contributed by atoms with Gasteiger partial charge in [-0.25, -0.2) is 13.4 Å². The molecule has 0 atom stereocenters. The van der Waals surface area contributed by atoms with Crippen molar-refractivity contribution in [2.24, 2.45) is 12.8 Å². The summed E-state index contributed by atoms with van der Waals surface area (Å²) in [6.07, 6.45) is -3.35. The highest BCUT2D eigenvalue weighted by Crippen LogP contribution is 2.33. The van der Waals surface area contributed by atoms with Gasteiger partial charge in [-0.1, -0.05) is 44.2 Å². The normalized spacial score (nSPS) is 12.3. The van der Waals surface area contributed by atoms with Gasteiger partial charge in [-0.15, -0.1) is 0 Å². The molecule has 0 fully saturated rings. The number of nitrogens with one attached hydrogen (secondary N) is 1. The van der Waals surface area contributed by atoms with E-state index in [2.05, 4.69) is 4.90 Å². The van der Waals surface area contributed by atoms with Gasteiger partial charge in [-0.3, -0.25) is 9.71 Å². The number of hydrogen-bond donors (Lipinski definition) is 2. The number of hydrogen-bond acceptors (Lipinski definition) is 5. The summed E-state index contributed by atoms with van der Waals surface area (Å²) in [5, 5.41) is 7.54. The summed E-state index contributed by atoms with van der Waals surface area (Å²) in [7, 11) is -2.44. The molecule has 0 aliphatic rings. The lowest BCUT2D eigenvalue weighted by atomic mass is 10.1. The van der Waals surface area contributed by atoms with E-state index in [4.69, 9.17) is 16.1 Å². The monoisotopic (exact) mass is 600 g/mol. The Balaban J connectivity index is 1.68. The molecular formula is C30H35F3N6O2S. The molecule has 224 valence electrons. The van der Waals surface area contributed by atoms with Crippen LogP contribution in [0.4, 0.5) is 18.9 Å². The van der Waals surface area contributed by atoms with E-state index in [-0.39, 0.29) is 12.4 Å². The molecule has 4 rings (SSSR count). The maximum atomic E-state index is 13.8. The van der Waals surface area contributed by atoms with Gasteiger partial charge in [-0.05, 0) is 61.5 Å². The number of anilines is 1. The van der Waals surface area contributed by atoms with Crippen LogP contribution in [0, 0.1) is 5.41 Å². The van der Waals surface area contributed by atoms with Crippen molar-refractivity contribution < 1.29 is 21.6 Å². The first-order valence-corrected chi connectivity index (χ1v) is 15.1. The molecule has 0 unspecified atom stereocenters. The highest BCUT2D eigenvalue weighted by atomic mass is 32.2. The first-order valence-electron chi connectivity index (χ1n) is 13.7. The quantitative estimate of drug-likeness (QED) is 0.172. The minimum Gasteiger partial charge on any atom is -0.384 e. The molecule has 3 aromatic carbocycles. The number of alkyl halides is 3. The lowest BCUT2D eigenvalue weighted by Crippen LogP contribution is -2.39. The smallest absolute Gasteiger partial charge is 0.384 e. The Morgan fingerprint density at radius 1 is 0.976 bits per heavy atom. The van der Waals surface area contributed by atoms with E-state index in [1.54, 1.807) is 30.3 Å². The van der Waals surface area contributed by atoms with Crippen molar-refractivity contribution >= 4 is 32.6 Å². The van der Waals surface area contributed by atoms with Crippen LogP contribution in [0.15, 0.2) is 71.6 Å². The average Bonchev–Trinajstić information content (AvgIpc) is 3.28. The van der Waals surface area contributed by atoms with Crippen LogP contribution in [-0.4, -0.2) is 54.9 Å². The topological polar surface area (TPSA) is 108 Å². The van der Waals surface area contributed by atoms with E-state index in [9.17, 15) is 21.6 Å². The zero-order chi connectivity index (χ0) is 30.7. The number of halogens is 3. The molecule has 1 aromatic heterocycles. The fourth-order valence-electron chi connectivity index (χ4n) is 4.84. The molecule has 3 N–H and O–H groups in total. The van der Waals surface area contributed by atoms with Crippen molar-refractivity contribution in [2.45, 2.75) is 37.8 Å². The number of aryl methyl sites for hydroxylation is 3. The number of imidazole rings is 1. The van der Waals surface area contributed by atoms with E-state index in [1.807, 2.05) is 37.6 Å². The summed E-state index contributed by atoms with van der Waals surface area (Å²) in [4.78, 5) is 6.40. The second-order valence-corrected chi connectivity index (χ2v) is 11.9. The third-order valence-electron chi connectivity index (χ3n) is 7.41. The van der Waals surface area contributed by atoms with Crippen LogP contribution in [0.3, 0.4) is 0 Å². The predicted molar refractivity (Wildman–Crippen MR) is 159 cm³/mol. The van der Waals surface area contributed by atoms with Crippen LogP contribution >= 0.6 is 0 Å². The van der Waals surface area contributed by atoms with Crippen LogP contribution in [0.5, 0.6) is 0 Å². The zero-order valence-corrected chi connectivity index (χ0v) is 24.6. The Hall–Kier alpha value is -3.90. The summed E-state index contributed by atoms with van der Waals surface area (Å²) in [6, 6.07) is 16.4. The van der Waals surface area contributed by atoms with E-state index in [0.29, 0.717) is 55.3 Å². The molecule has 12 heteroatoms. The predicted octanol–water partition coefficient (Wildman–Crippen LogP) is 5.20. The summed E-state index contributed by atoms with van der Waals surface area (Å²) in [6.45, 7) is 5.80. The van der Waals surface area contributed by atoms with E-state index < -0.39 is 26.7 Å². The summed E-state index contributed by atoms with van der Waals surface area (Å²) >= 11 is 0. The first-order chi connectivity index (χ1) is 19.8. The number of amidine groups is 1. The van der Waals surface area contributed by atoms with Crippen LogP contribution in [0.1, 0.15) is 36.4 Å². The zero-order valence-electron chi connectivity index (χ0n) is 23.8. The Bertz CT molecular complexity index is 1660. The molecule has 8 nitrogen and oxygen atoms in total. The Morgan fingerprint density at radius 2 is 1.67 bits per heavy atom. The molecular weight excluding hydrogens is 565 g/mol. The number of nitrogens with two attached hydrogens (primary N) is 1. The number of rotatable bonds is 12. The number of aromatic nitrogens is 2. The Labute approximate surface area is 244 Å². The molecule has 0 radical (unpaired) electrons. The number of likely N-dealkylation sites (N-methyl/N-ethyl adjacent to an activating group) is 1. The molecule has 42 heavy (non-hydrogen) atoms. The number of fused-ring (bicyclic) bond motifs is 1. The second-order valence-electron chi connectivity index (χ2n) is 10.0. The maximum Gasteiger partial charge on any atom is 0.416 e. The van der Waals surface area contributed by atoms with E-state index in [0.717, 1.165) is 29.0 Å². The van der Waals surface area contributed by atoms with E-state index >= 15 is 0 Å². The molecule has 1 heterocycles. The van der Waals surface area contributed by atoms with Gasteiger partial charge in [0.25, 0.3) is 10.0 Å². The van der Waals surface area contributed by atoms with Crippen molar-refractivity contribution in [2.75, 3.05) is 30.5 Å². The second kappa shape index (κ2) is 12.5. The highest BCUT2D eigenvalue weighted by molar-refractivity contribution is 7.92. The van der Waals surface area contributed by atoms with Gasteiger partial charge in [-0.2, -0.15) is 13.2 Å². The SMILES string of the molecule is CCN(CC)CCN(c1ccc2c(c1)nc(CCc1ccc(C(=N)N)cc1)n2C)S(=O)(=O)c1cccc(C(F)(F)F)c1. The molecule has 0 spiro atoms. The molecule has 4 aromatic rings. The molecule has 0 aliphatic heterocycles. The van der Waals surface area contributed by atoms with Crippen molar-refractivity contribution in [1.82, 2.24) is 14.5 Å². The van der Waals surface area contributed by atoms with Crippen LogP contribution in [0.25, 0.3) is 11.0 Å². The third-order valence-corrected chi connectivity index (χ3v) is 9.23. The molecule has 0 saturated carbocycles. The number of benzene rings is 3. The average molecular weight is 601 g/mol. The fraction of sp³-hybridized carbons (Fsp3) is 0.333. The van der Waals surface area contributed by atoms with Gasteiger partial charge in [0.15, 0.2) is 0 Å². The van der Waals surface area contributed by atoms with Gasteiger partial charge in [0.1, 0.15) is 11.7 Å². The van der Waals surface area contributed by atoms with Crippen LogP contribution in [-0.2, 0) is 36.1 Å². The van der Waals surface area contributed by atoms with Crippen molar-refractivity contribution in [3.05, 3.63) is 89.2 Å². The van der Waals surface area contributed by atoms with E-state index in [1.165, 1.54) is 10.4 Å². The third kappa shape index (κ3) is 6.76. The Kier molecular flexibility index (Phi) is 9.27. The van der Waals surface area contributed by atoms with Gasteiger partial charge in [0, 0.05) is 32.1 Å². The largest absolute Gasteiger partial charge is 0.416 e. The summed E-state index contributed by atoms with van der Waals surface area (Å²) in [5.41, 5.74) is 7.95. The number of sulfonamides is 1. The molecule has 0 bridgehead atoms. The van der Waals surface area contributed by atoms with Crippen LogP contribution in [0.2, 0.25) is 0 Å². The van der Waals surface area contributed by atoms with Gasteiger partial charge in [0.05, 0.1) is 27.2 Å². The lowest BCUT2D eigenvalue weighted by Gasteiger charge is -2.28. The fourth-order valence-corrected chi connectivity index (χ4v) is 6.34. The van der Waals surface area contributed by atoms with Gasteiger partial charge < -0.3 is 15.2 Å². The minimum atomic E-state index is -4.67. The van der Waals surface area contributed by atoms with Crippen molar-refractivity contribution in [1.29, 1.82) is 5.41 Å². The molecule has 0 saturated heterocycles. The van der Waals surface area contributed by atoms with Crippen molar-refractivity contribution in [3.8, 4) is 0 Å². The van der Waals surface area contributed by atoms with Gasteiger partial charge >= 0.3 is 6.18 Å². The minimum absolute atomic E-state index is 0.00826. The lowest BCUT2D eigenvalue weighted by molar-refractivity contribution is -0.137. The summed E-state index contributed by atoms with van der Waals surface area (Å²) < 4.78 is 71.0. The van der Waals surface area contributed by atoms with Gasteiger partial charge in [0.2, 0.25) is 0 Å². The standard InChI is InChI=1S/C30H35F3N6O2S/c1-4-38(5-2)17-18-39(42(40,41)25-8-6-7-23(19-25)30(31,32)33)24-14-15-27-26(20-24)36-28(37(27)3)16-11-21-9-12-22(13-10-21)29(34)35/h6-10,12-15,19-20H,4-5,11,16-18H2,1-3H3,(H3,34,35). The Morgan fingerprint density at radius 3 is 2.29 bits per heavy atom. The maximum absolute atomic E-state index is 13.8. The van der Waals surface area contributed by atoms with Crippen molar-refractivity contribution in [3.63, 3.8) is 0 Å².